The molecule has 0 saturated heterocycles. The molecule has 1 aliphatic rings. The second-order valence-corrected chi connectivity index (χ2v) is 6.68. The smallest absolute Gasteiger partial charge is 0.294 e. The minimum Gasteiger partial charge on any atom is -0.385 e. The lowest BCUT2D eigenvalue weighted by molar-refractivity contribution is 0.0946. The molecule has 0 spiro atoms. The van der Waals surface area contributed by atoms with Crippen molar-refractivity contribution in [3.05, 3.63) is 65.7 Å². The highest BCUT2D eigenvalue weighted by atomic mass is 16.5. The molecule has 3 aromatic rings. The Morgan fingerprint density at radius 2 is 2.00 bits per heavy atom. The number of fused-ring (bicyclic) bond motifs is 2. The van der Waals surface area contributed by atoms with Gasteiger partial charge in [-0.25, -0.2) is 4.98 Å². The van der Waals surface area contributed by atoms with Crippen LogP contribution in [0.5, 0.6) is 0 Å². The molecule has 7 nitrogen and oxygen atoms in total. The molecule has 144 valence electrons. The van der Waals surface area contributed by atoms with Crippen LogP contribution in [0.1, 0.15) is 33.1 Å². The second-order valence-electron chi connectivity index (χ2n) is 6.68. The van der Waals surface area contributed by atoms with Gasteiger partial charge in [0.2, 0.25) is 5.82 Å². The highest BCUT2D eigenvalue weighted by Gasteiger charge is 2.29. The Bertz CT molecular complexity index is 1030. The molecule has 3 heterocycles. The monoisotopic (exact) mass is 378 g/mol. The lowest BCUT2D eigenvalue weighted by atomic mass is 10.2. The first-order valence-corrected chi connectivity index (χ1v) is 9.34. The molecule has 0 unspecified atom stereocenters. The van der Waals surface area contributed by atoms with Crippen molar-refractivity contribution in [1.29, 1.82) is 0 Å². The number of amides is 2. The zero-order valence-electron chi connectivity index (χ0n) is 15.7. The number of para-hydroxylation sites is 1. The lowest BCUT2D eigenvalue weighted by Crippen LogP contribution is -2.30. The SMILES string of the molecule is COCCCNC(=O)c1nc(C(=O)N2CCc3ccccc32)n2ccccc12. The van der Waals surface area contributed by atoms with Crippen LogP contribution in [0.15, 0.2) is 48.7 Å². The van der Waals surface area contributed by atoms with Crippen LogP contribution in [0.25, 0.3) is 5.52 Å². The molecule has 4 rings (SSSR count). The number of benzene rings is 1. The predicted molar refractivity (Wildman–Crippen MR) is 106 cm³/mol. The van der Waals surface area contributed by atoms with E-state index < -0.39 is 0 Å². The van der Waals surface area contributed by atoms with Crippen molar-refractivity contribution in [2.75, 3.05) is 31.7 Å². The third-order valence-corrected chi connectivity index (χ3v) is 4.90. The van der Waals surface area contributed by atoms with Gasteiger partial charge in [0.15, 0.2) is 5.69 Å². The first-order valence-electron chi connectivity index (χ1n) is 9.34. The molecule has 0 bridgehead atoms. The summed E-state index contributed by atoms with van der Waals surface area (Å²) >= 11 is 0. The van der Waals surface area contributed by atoms with Crippen LogP contribution < -0.4 is 10.2 Å². The maximum Gasteiger partial charge on any atom is 0.294 e. The Morgan fingerprint density at radius 3 is 2.86 bits per heavy atom. The molecule has 0 aliphatic carbocycles. The quantitative estimate of drug-likeness (QED) is 0.668. The summed E-state index contributed by atoms with van der Waals surface area (Å²) in [4.78, 5) is 32.0. The number of ether oxygens (including phenoxy) is 1. The zero-order valence-corrected chi connectivity index (χ0v) is 15.7. The van der Waals surface area contributed by atoms with Crippen LogP contribution in [0.2, 0.25) is 0 Å². The number of rotatable bonds is 6. The van der Waals surface area contributed by atoms with E-state index in [9.17, 15) is 9.59 Å². The Balaban J connectivity index is 1.65. The number of anilines is 1. The van der Waals surface area contributed by atoms with Crippen LogP contribution in [0.4, 0.5) is 5.69 Å². The van der Waals surface area contributed by atoms with Crippen LogP contribution in [0.3, 0.4) is 0 Å². The number of carbonyl (C=O) groups is 2. The summed E-state index contributed by atoms with van der Waals surface area (Å²) in [5.41, 5.74) is 2.93. The van der Waals surface area contributed by atoms with E-state index in [1.165, 1.54) is 0 Å². The Hall–Kier alpha value is -3.19. The first kappa shape index (κ1) is 18.2. The van der Waals surface area contributed by atoms with Crippen molar-refractivity contribution in [2.45, 2.75) is 12.8 Å². The lowest BCUT2D eigenvalue weighted by Gasteiger charge is -2.16. The topological polar surface area (TPSA) is 75.9 Å². The van der Waals surface area contributed by atoms with Crippen LogP contribution in [-0.2, 0) is 11.2 Å². The average Bonchev–Trinajstić information content (AvgIpc) is 3.33. The highest BCUT2D eigenvalue weighted by Crippen LogP contribution is 2.29. The minimum absolute atomic E-state index is 0.204. The molecular weight excluding hydrogens is 356 g/mol. The third kappa shape index (κ3) is 3.25. The molecule has 1 N–H and O–H groups in total. The predicted octanol–water partition coefficient (Wildman–Crippen LogP) is 2.30. The van der Waals surface area contributed by atoms with Crippen LogP contribution in [-0.4, -0.2) is 48.0 Å². The van der Waals surface area contributed by atoms with Gasteiger partial charge >= 0.3 is 0 Å². The Morgan fingerprint density at radius 1 is 1.18 bits per heavy atom. The molecule has 0 atom stereocenters. The van der Waals surface area contributed by atoms with Crippen molar-refractivity contribution in [3.8, 4) is 0 Å². The molecular formula is C21H22N4O3. The Kier molecular flexibility index (Phi) is 5.08. The fraction of sp³-hybridized carbons (Fsp3) is 0.286. The molecule has 0 saturated carbocycles. The largest absolute Gasteiger partial charge is 0.385 e. The van der Waals surface area contributed by atoms with Gasteiger partial charge in [-0.2, -0.15) is 0 Å². The van der Waals surface area contributed by atoms with Gasteiger partial charge in [-0.15, -0.1) is 0 Å². The molecule has 1 aromatic carbocycles. The fourth-order valence-electron chi connectivity index (χ4n) is 3.53. The van der Waals surface area contributed by atoms with E-state index in [4.69, 9.17) is 4.74 Å². The number of methoxy groups -OCH3 is 1. The van der Waals surface area contributed by atoms with Gasteiger partial charge in [-0.05, 0) is 36.6 Å². The molecule has 7 heteroatoms. The first-order chi connectivity index (χ1) is 13.7. The fourth-order valence-corrected chi connectivity index (χ4v) is 3.53. The van der Waals surface area contributed by atoms with Gasteiger partial charge in [0, 0.05) is 38.7 Å². The van der Waals surface area contributed by atoms with Gasteiger partial charge in [0.1, 0.15) is 0 Å². The average molecular weight is 378 g/mol. The molecule has 0 fully saturated rings. The number of imidazole rings is 1. The zero-order chi connectivity index (χ0) is 19.5. The number of hydrogen-bond acceptors (Lipinski definition) is 4. The van der Waals surface area contributed by atoms with Crippen molar-refractivity contribution < 1.29 is 14.3 Å². The van der Waals surface area contributed by atoms with Crippen molar-refractivity contribution in [2.24, 2.45) is 0 Å². The highest BCUT2D eigenvalue weighted by molar-refractivity contribution is 6.08. The van der Waals surface area contributed by atoms with Gasteiger partial charge in [0.25, 0.3) is 11.8 Å². The van der Waals surface area contributed by atoms with Crippen molar-refractivity contribution in [1.82, 2.24) is 14.7 Å². The molecule has 0 radical (unpaired) electrons. The summed E-state index contributed by atoms with van der Waals surface area (Å²) in [6, 6.07) is 13.3. The number of nitrogens with one attached hydrogen (secondary N) is 1. The third-order valence-electron chi connectivity index (χ3n) is 4.90. The van der Waals surface area contributed by atoms with Crippen LogP contribution >= 0.6 is 0 Å². The Labute approximate surface area is 162 Å². The maximum atomic E-state index is 13.3. The minimum atomic E-state index is -0.291. The number of carbonyl (C=O) groups excluding carboxylic acids is 2. The van der Waals surface area contributed by atoms with Gasteiger partial charge in [-0.1, -0.05) is 24.3 Å². The summed E-state index contributed by atoms with van der Waals surface area (Å²) in [5, 5.41) is 2.84. The van der Waals surface area contributed by atoms with Crippen LogP contribution in [0, 0.1) is 0 Å². The number of hydrogen-bond donors (Lipinski definition) is 1. The number of nitrogens with zero attached hydrogens (tertiary/aromatic N) is 3. The number of aromatic nitrogens is 2. The molecule has 1 aliphatic heterocycles. The summed E-state index contributed by atoms with van der Waals surface area (Å²) < 4.78 is 6.69. The van der Waals surface area contributed by atoms with Gasteiger partial charge < -0.3 is 15.0 Å². The van der Waals surface area contributed by atoms with Gasteiger partial charge in [-0.3, -0.25) is 14.0 Å². The summed E-state index contributed by atoms with van der Waals surface area (Å²) in [5.74, 6) is -0.250. The molecule has 2 amide bonds. The van der Waals surface area contributed by atoms with Crippen molar-refractivity contribution in [3.63, 3.8) is 0 Å². The van der Waals surface area contributed by atoms with Gasteiger partial charge in [0.05, 0.1) is 5.52 Å². The number of pyridine rings is 1. The summed E-state index contributed by atoms with van der Waals surface area (Å²) in [6.07, 6.45) is 3.29. The van der Waals surface area contributed by atoms with E-state index >= 15 is 0 Å². The summed E-state index contributed by atoms with van der Waals surface area (Å²) in [6.45, 7) is 1.67. The molecule has 28 heavy (non-hydrogen) atoms. The second kappa shape index (κ2) is 7.82. The molecule has 2 aromatic heterocycles. The maximum absolute atomic E-state index is 13.3. The van der Waals surface area contributed by atoms with E-state index in [0.29, 0.717) is 31.6 Å². The van der Waals surface area contributed by atoms with E-state index in [2.05, 4.69) is 10.3 Å². The van der Waals surface area contributed by atoms with E-state index in [1.807, 2.05) is 36.4 Å². The standard InChI is InChI=1S/C21H22N4O3/c1-28-14-6-11-22-20(26)18-17-9-4-5-12-24(17)19(23-18)21(27)25-13-10-15-7-2-3-8-16(15)25/h2-5,7-9,12H,6,10-11,13-14H2,1H3,(H,22,26). The van der Waals surface area contributed by atoms with E-state index in [1.54, 1.807) is 28.7 Å². The summed E-state index contributed by atoms with van der Waals surface area (Å²) in [7, 11) is 1.62. The normalized spacial score (nSPS) is 13.0. The van der Waals surface area contributed by atoms with Crippen molar-refractivity contribution >= 4 is 23.0 Å². The van der Waals surface area contributed by atoms with E-state index in [0.717, 1.165) is 17.7 Å². The van der Waals surface area contributed by atoms with E-state index in [-0.39, 0.29) is 23.3 Å².